The number of benzene rings is 1. The molecule has 0 saturated carbocycles. The van der Waals surface area contributed by atoms with Crippen LogP contribution in [0.25, 0.3) is 0 Å². The zero-order chi connectivity index (χ0) is 10.6. The van der Waals surface area contributed by atoms with E-state index in [4.69, 9.17) is 5.73 Å². The summed E-state index contributed by atoms with van der Waals surface area (Å²) < 4.78 is 12.9. The molecule has 14 heavy (non-hydrogen) atoms. The lowest BCUT2D eigenvalue weighted by atomic mass is 9.95. The van der Waals surface area contributed by atoms with Gasteiger partial charge in [-0.15, -0.1) is 0 Å². The number of hydrogen-bond donors (Lipinski definition) is 1. The van der Waals surface area contributed by atoms with Gasteiger partial charge in [-0.2, -0.15) is 0 Å². The Morgan fingerprint density at radius 2 is 2.14 bits per heavy atom. The highest BCUT2D eigenvalue weighted by Crippen LogP contribution is 2.20. The van der Waals surface area contributed by atoms with E-state index in [-0.39, 0.29) is 11.9 Å². The molecular weight excluding hydrogens is 177 g/mol. The molecule has 0 aliphatic heterocycles. The van der Waals surface area contributed by atoms with Gasteiger partial charge >= 0.3 is 0 Å². The SMILES string of the molecule is CCC(C)CC(N)c1cccc(F)c1. The summed E-state index contributed by atoms with van der Waals surface area (Å²) in [7, 11) is 0. The summed E-state index contributed by atoms with van der Waals surface area (Å²) in [5, 5.41) is 0. The molecule has 1 nitrogen and oxygen atoms in total. The third-order valence-corrected chi connectivity index (χ3v) is 2.63. The van der Waals surface area contributed by atoms with Gasteiger partial charge < -0.3 is 5.73 Å². The van der Waals surface area contributed by atoms with Crippen LogP contribution in [0.5, 0.6) is 0 Å². The predicted octanol–water partition coefficient (Wildman–Crippen LogP) is 3.26. The Hall–Kier alpha value is -0.890. The minimum absolute atomic E-state index is 0.0411. The Bertz CT molecular complexity index is 285. The molecule has 0 fully saturated rings. The lowest BCUT2D eigenvalue weighted by Gasteiger charge is -2.16. The largest absolute Gasteiger partial charge is 0.324 e. The fourth-order valence-corrected chi connectivity index (χ4v) is 1.47. The second-order valence-corrected chi connectivity index (χ2v) is 3.91. The summed E-state index contributed by atoms with van der Waals surface area (Å²) >= 11 is 0. The Kier molecular flexibility index (Phi) is 4.08. The number of halogens is 1. The Morgan fingerprint density at radius 3 is 2.71 bits per heavy atom. The molecule has 1 aromatic carbocycles. The fourth-order valence-electron chi connectivity index (χ4n) is 1.47. The number of rotatable bonds is 4. The van der Waals surface area contributed by atoms with Gasteiger partial charge in [0.1, 0.15) is 5.82 Å². The first kappa shape index (κ1) is 11.2. The minimum atomic E-state index is -0.206. The third kappa shape index (κ3) is 3.11. The molecule has 1 rings (SSSR count). The molecular formula is C12H18FN. The Balaban J connectivity index is 2.64. The second kappa shape index (κ2) is 5.11. The van der Waals surface area contributed by atoms with Crippen LogP contribution in [-0.2, 0) is 0 Å². The first-order chi connectivity index (χ1) is 6.63. The molecule has 0 aromatic heterocycles. The van der Waals surface area contributed by atoms with Crippen molar-refractivity contribution >= 4 is 0 Å². The molecule has 0 radical (unpaired) electrons. The molecule has 1 aromatic rings. The Morgan fingerprint density at radius 1 is 1.43 bits per heavy atom. The van der Waals surface area contributed by atoms with E-state index in [9.17, 15) is 4.39 Å². The van der Waals surface area contributed by atoms with Crippen LogP contribution in [-0.4, -0.2) is 0 Å². The highest BCUT2D eigenvalue weighted by atomic mass is 19.1. The van der Waals surface area contributed by atoms with Gasteiger partial charge in [-0.3, -0.25) is 0 Å². The van der Waals surface area contributed by atoms with E-state index >= 15 is 0 Å². The van der Waals surface area contributed by atoms with Crippen LogP contribution in [0.1, 0.15) is 38.3 Å². The summed E-state index contributed by atoms with van der Waals surface area (Å²) in [6.45, 7) is 4.31. The van der Waals surface area contributed by atoms with Gasteiger partial charge in [0.25, 0.3) is 0 Å². The van der Waals surface area contributed by atoms with Crippen molar-refractivity contribution in [1.29, 1.82) is 0 Å². The van der Waals surface area contributed by atoms with E-state index in [0.29, 0.717) is 5.92 Å². The van der Waals surface area contributed by atoms with Crippen molar-refractivity contribution in [2.75, 3.05) is 0 Å². The van der Waals surface area contributed by atoms with Crippen LogP contribution >= 0.6 is 0 Å². The summed E-state index contributed by atoms with van der Waals surface area (Å²) in [5.41, 5.74) is 6.87. The Labute approximate surface area is 85.1 Å². The van der Waals surface area contributed by atoms with Crippen LogP contribution in [0, 0.1) is 11.7 Å². The zero-order valence-corrected chi connectivity index (χ0v) is 8.83. The lowest BCUT2D eigenvalue weighted by Crippen LogP contribution is -2.13. The van der Waals surface area contributed by atoms with E-state index in [2.05, 4.69) is 13.8 Å². The van der Waals surface area contributed by atoms with Gasteiger partial charge in [0.05, 0.1) is 0 Å². The van der Waals surface area contributed by atoms with Crippen molar-refractivity contribution in [3.8, 4) is 0 Å². The highest BCUT2D eigenvalue weighted by Gasteiger charge is 2.10. The smallest absolute Gasteiger partial charge is 0.123 e. The number of nitrogens with two attached hydrogens (primary N) is 1. The van der Waals surface area contributed by atoms with Gasteiger partial charge in [0.15, 0.2) is 0 Å². The summed E-state index contributed by atoms with van der Waals surface area (Å²) in [6, 6.07) is 6.52. The molecule has 0 amide bonds. The molecule has 2 atom stereocenters. The molecule has 2 heteroatoms. The maximum atomic E-state index is 12.9. The van der Waals surface area contributed by atoms with E-state index in [1.165, 1.54) is 12.1 Å². The molecule has 0 saturated heterocycles. The molecule has 0 bridgehead atoms. The van der Waals surface area contributed by atoms with Gasteiger partial charge in [0.2, 0.25) is 0 Å². The van der Waals surface area contributed by atoms with Crippen molar-refractivity contribution < 1.29 is 4.39 Å². The van der Waals surface area contributed by atoms with Gasteiger partial charge in [-0.1, -0.05) is 32.4 Å². The summed E-state index contributed by atoms with van der Waals surface area (Å²) in [4.78, 5) is 0. The maximum Gasteiger partial charge on any atom is 0.123 e. The van der Waals surface area contributed by atoms with Crippen LogP contribution in [0.15, 0.2) is 24.3 Å². The number of hydrogen-bond acceptors (Lipinski definition) is 1. The zero-order valence-electron chi connectivity index (χ0n) is 8.83. The van der Waals surface area contributed by atoms with Gasteiger partial charge in [-0.05, 0) is 30.0 Å². The first-order valence-corrected chi connectivity index (χ1v) is 5.14. The van der Waals surface area contributed by atoms with Crippen molar-refractivity contribution in [1.82, 2.24) is 0 Å². The van der Waals surface area contributed by atoms with Crippen molar-refractivity contribution in [2.45, 2.75) is 32.7 Å². The first-order valence-electron chi connectivity index (χ1n) is 5.14. The van der Waals surface area contributed by atoms with E-state index in [1.807, 2.05) is 6.07 Å². The maximum absolute atomic E-state index is 12.9. The standard InChI is InChI=1S/C12H18FN/c1-3-9(2)7-12(14)10-5-4-6-11(13)8-10/h4-6,8-9,12H,3,7,14H2,1-2H3. The lowest BCUT2D eigenvalue weighted by molar-refractivity contribution is 0.460. The molecule has 2 N–H and O–H groups in total. The van der Waals surface area contributed by atoms with E-state index in [1.54, 1.807) is 6.07 Å². The average Bonchev–Trinajstić information content (AvgIpc) is 2.17. The fraction of sp³-hybridized carbons (Fsp3) is 0.500. The van der Waals surface area contributed by atoms with Crippen LogP contribution in [0.4, 0.5) is 4.39 Å². The van der Waals surface area contributed by atoms with Crippen molar-refractivity contribution in [3.05, 3.63) is 35.6 Å². The monoisotopic (exact) mass is 195 g/mol. The van der Waals surface area contributed by atoms with Crippen LogP contribution in [0.3, 0.4) is 0 Å². The minimum Gasteiger partial charge on any atom is -0.324 e. The quantitative estimate of drug-likeness (QED) is 0.784. The van der Waals surface area contributed by atoms with Gasteiger partial charge in [0, 0.05) is 6.04 Å². The molecule has 2 unspecified atom stereocenters. The van der Waals surface area contributed by atoms with Crippen LogP contribution in [0.2, 0.25) is 0 Å². The molecule has 0 aliphatic rings. The third-order valence-electron chi connectivity index (χ3n) is 2.63. The average molecular weight is 195 g/mol. The summed E-state index contributed by atoms with van der Waals surface area (Å²) in [6.07, 6.45) is 2.03. The topological polar surface area (TPSA) is 26.0 Å². The molecule has 0 aliphatic carbocycles. The predicted molar refractivity (Wildman–Crippen MR) is 57.4 cm³/mol. The second-order valence-electron chi connectivity index (χ2n) is 3.91. The van der Waals surface area contributed by atoms with Crippen LogP contribution < -0.4 is 5.73 Å². The normalized spacial score (nSPS) is 15.1. The molecule has 0 heterocycles. The van der Waals surface area contributed by atoms with Gasteiger partial charge in [-0.25, -0.2) is 4.39 Å². The summed E-state index contributed by atoms with van der Waals surface area (Å²) in [5.74, 6) is 0.385. The molecule has 78 valence electrons. The van der Waals surface area contributed by atoms with Crippen molar-refractivity contribution in [2.24, 2.45) is 11.7 Å². The van der Waals surface area contributed by atoms with Crippen molar-refractivity contribution in [3.63, 3.8) is 0 Å². The van der Waals surface area contributed by atoms with E-state index in [0.717, 1.165) is 18.4 Å². The van der Waals surface area contributed by atoms with E-state index < -0.39 is 0 Å². The molecule has 0 spiro atoms. The highest BCUT2D eigenvalue weighted by molar-refractivity contribution is 5.19.